The van der Waals surface area contributed by atoms with Crippen molar-refractivity contribution in [3.8, 4) is 0 Å². The predicted octanol–water partition coefficient (Wildman–Crippen LogP) is 2.95. The van der Waals surface area contributed by atoms with Crippen LogP contribution < -0.4 is 10.9 Å². The van der Waals surface area contributed by atoms with E-state index in [2.05, 4.69) is 10.4 Å². The van der Waals surface area contributed by atoms with Gasteiger partial charge < -0.3 is 5.32 Å². The van der Waals surface area contributed by atoms with Crippen LogP contribution in [0.15, 0.2) is 9.95 Å². The van der Waals surface area contributed by atoms with Crippen LogP contribution in [0, 0.1) is 13.8 Å². The molecule has 0 saturated carbocycles. The molecule has 0 fully saturated rings. The molecule has 0 aromatic carbocycles. The van der Waals surface area contributed by atoms with Crippen molar-refractivity contribution in [2.45, 2.75) is 50.4 Å². The molecule has 4 rings (SSSR count). The van der Waals surface area contributed by atoms with E-state index in [0.29, 0.717) is 5.16 Å². The zero-order valence-electron chi connectivity index (χ0n) is 16.6. The van der Waals surface area contributed by atoms with Crippen molar-refractivity contribution in [1.82, 2.24) is 19.3 Å². The number of carbonyl (C=O) groups excluding carboxylic acids is 1. The molecule has 7 nitrogen and oxygen atoms in total. The Hall–Kier alpha value is -2.13. The van der Waals surface area contributed by atoms with Gasteiger partial charge in [0.15, 0.2) is 5.16 Å². The summed E-state index contributed by atoms with van der Waals surface area (Å²) in [4.78, 5) is 32.4. The average Bonchev–Trinajstić information content (AvgIpc) is 3.29. The van der Waals surface area contributed by atoms with Crippen LogP contribution in [-0.2, 0) is 31.7 Å². The van der Waals surface area contributed by atoms with Gasteiger partial charge in [0.05, 0.1) is 27.7 Å². The molecule has 0 unspecified atom stereocenters. The Morgan fingerprint density at radius 2 is 2.04 bits per heavy atom. The van der Waals surface area contributed by atoms with Crippen LogP contribution in [0.5, 0.6) is 0 Å². The summed E-state index contributed by atoms with van der Waals surface area (Å²) in [7, 11) is 3.58. The van der Waals surface area contributed by atoms with Crippen LogP contribution in [0.25, 0.3) is 10.2 Å². The van der Waals surface area contributed by atoms with Gasteiger partial charge >= 0.3 is 0 Å². The number of nitrogens with zero attached hydrogens (tertiary/aromatic N) is 4. The number of thiophene rings is 1. The summed E-state index contributed by atoms with van der Waals surface area (Å²) in [5, 5.41) is 8.23. The van der Waals surface area contributed by atoms with E-state index in [0.717, 1.165) is 46.6 Å². The Labute approximate surface area is 171 Å². The summed E-state index contributed by atoms with van der Waals surface area (Å²) in [5.74, 6) is -0.132. The topological polar surface area (TPSA) is 81.8 Å². The van der Waals surface area contributed by atoms with Gasteiger partial charge in [-0.1, -0.05) is 11.8 Å². The quantitative estimate of drug-likeness (QED) is 0.521. The number of hydrogen-bond donors (Lipinski definition) is 1. The smallest absolute Gasteiger partial charge is 0.262 e. The van der Waals surface area contributed by atoms with E-state index in [9.17, 15) is 9.59 Å². The van der Waals surface area contributed by atoms with E-state index < -0.39 is 5.25 Å². The van der Waals surface area contributed by atoms with Crippen LogP contribution in [0.4, 0.5) is 5.69 Å². The minimum atomic E-state index is -0.402. The van der Waals surface area contributed by atoms with Crippen molar-refractivity contribution in [3.05, 3.63) is 32.2 Å². The lowest BCUT2D eigenvalue weighted by atomic mass is 10.2. The van der Waals surface area contributed by atoms with Gasteiger partial charge in [-0.3, -0.25) is 18.8 Å². The van der Waals surface area contributed by atoms with Crippen molar-refractivity contribution >= 4 is 44.9 Å². The number of thioether (sulfide) groups is 1. The van der Waals surface area contributed by atoms with Gasteiger partial charge in [0.1, 0.15) is 4.83 Å². The number of amides is 1. The zero-order chi connectivity index (χ0) is 20.2. The molecule has 0 saturated heterocycles. The Kier molecular flexibility index (Phi) is 4.83. The minimum absolute atomic E-state index is 0.0153. The maximum absolute atomic E-state index is 12.9. The van der Waals surface area contributed by atoms with E-state index in [4.69, 9.17) is 4.98 Å². The molecule has 0 spiro atoms. The first kappa shape index (κ1) is 19.2. The molecule has 1 aliphatic rings. The summed E-state index contributed by atoms with van der Waals surface area (Å²) in [6, 6.07) is 0. The minimum Gasteiger partial charge on any atom is -0.322 e. The molecule has 148 valence electrons. The van der Waals surface area contributed by atoms with E-state index >= 15 is 0 Å². The van der Waals surface area contributed by atoms with Crippen molar-refractivity contribution < 1.29 is 4.79 Å². The third kappa shape index (κ3) is 3.06. The van der Waals surface area contributed by atoms with Gasteiger partial charge in [-0.15, -0.1) is 11.3 Å². The average molecular weight is 418 g/mol. The third-order valence-electron chi connectivity index (χ3n) is 5.31. The summed E-state index contributed by atoms with van der Waals surface area (Å²) >= 11 is 2.92. The molecule has 3 aromatic heterocycles. The number of hydrogen-bond acceptors (Lipinski definition) is 6. The first-order valence-corrected chi connectivity index (χ1v) is 11.0. The molecular weight excluding hydrogens is 394 g/mol. The molecule has 3 heterocycles. The number of nitrogens with one attached hydrogen (secondary N) is 1. The third-order valence-corrected chi connectivity index (χ3v) is 7.64. The van der Waals surface area contributed by atoms with Gasteiger partial charge in [0, 0.05) is 19.0 Å². The zero-order valence-corrected chi connectivity index (χ0v) is 18.3. The standard InChI is InChI=1S/C19H23N5O2S2/c1-9-15(10(2)24(5)22-9)20-16(25)11(3)27-19-21-17-14(18(26)23(19)4)12-7-6-8-13(12)28-17/h11H,6-8H2,1-5H3,(H,20,25)/t11-/m1/s1. The van der Waals surface area contributed by atoms with Gasteiger partial charge in [0.25, 0.3) is 5.56 Å². The maximum Gasteiger partial charge on any atom is 0.262 e. The summed E-state index contributed by atoms with van der Waals surface area (Å²) < 4.78 is 3.32. The predicted molar refractivity (Wildman–Crippen MR) is 114 cm³/mol. The molecule has 0 bridgehead atoms. The Morgan fingerprint density at radius 3 is 2.71 bits per heavy atom. The van der Waals surface area contributed by atoms with E-state index in [-0.39, 0.29) is 11.5 Å². The van der Waals surface area contributed by atoms with Gasteiger partial charge in [-0.05, 0) is 45.6 Å². The number of aryl methyl sites for hydroxylation is 4. The number of carbonyl (C=O) groups is 1. The fourth-order valence-corrected chi connectivity index (χ4v) is 5.78. The molecule has 1 amide bonds. The molecule has 0 aliphatic heterocycles. The number of aromatic nitrogens is 4. The van der Waals surface area contributed by atoms with E-state index in [1.54, 1.807) is 27.6 Å². The second-order valence-corrected chi connectivity index (χ2v) is 9.61. The highest BCUT2D eigenvalue weighted by molar-refractivity contribution is 8.00. The fraction of sp³-hybridized carbons (Fsp3) is 0.474. The summed E-state index contributed by atoms with van der Waals surface area (Å²) in [5.41, 5.74) is 3.59. The molecule has 1 atom stereocenters. The largest absolute Gasteiger partial charge is 0.322 e. The van der Waals surface area contributed by atoms with Crippen LogP contribution in [0.3, 0.4) is 0 Å². The van der Waals surface area contributed by atoms with Crippen LogP contribution in [-0.4, -0.2) is 30.5 Å². The first-order chi connectivity index (χ1) is 13.3. The highest BCUT2D eigenvalue weighted by atomic mass is 32.2. The summed E-state index contributed by atoms with van der Waals surface area (Å²) in [6.45, 7) is 5.62. The second-order valence-electron chi connectivity index (χ2n) is 7.21. The summed E-state index contributed by atoms with van der Waals surface area (Å²) in [6.07, 6.45) is 3.10. The van der Waals surface area contributed by atoms with Crippen LogP contribution >= 0.6 is 23.1 Å². The molecule has 1 aliphatic carbocycles. The second kappa shape index (κ2) is 7.04. The molecule has 9 heteroatoms. The molecule has 3 aromatic rings. The monoisotopic (exact) mass is 417 g/mol. The molecule has 0 radical (unpaired) electrons. The van der Waals surface area contributed by atoms with Gasteiger partial charge in [-0.25, -0.2) is 4.98 Å². The lowest BCUT2D eigenvalue weighted by Gasteiger charge is -2.14. The molecule has 28 heavy (non-hydrogen) atoms. The Bertz CT molecular complexity index is 1160. The van der Waals surface area contributed by atoms with Crippen molar-refractivity contribution in [3.63, 3.8) is 0 Å². The normalized spacial score (nSPS) is 14.5. The van der Waals surface area contributed by atoms with Gasteiger partial charge in [0.2, 0.25) is 5.91 Å². The number of anilines is 1. The van der Waals surface area contributed by atoms with Crippen molar-refractivity contribution in [2.24, 2.45) is 14.1 Å². The maximum atomic E-state index is 12.9. The van der Waals surface area contributed by atoms with Crippen molar-refractivity contribution in [1.29, 1.82) is 0 Å². The SMILES string of the molecule is Cc1nn(C)c(C)c1NC(=O)[C@@H](C)Sc1nc2sc3c(c2c(=O)n1C)CCC3. The fourth-order valence-electron chi connectivity index (χ4n) is 3.60. The number of fused-ring (bicyclic) bond motifs is 3. The lowest BCUT2D eigenvalue weighted by Crippen LogP contribution is -2.26. The van der Waals surface area contributed by atoms with Crippen LogP contribution in [0.2, 0.25) is 0 Å². The van der Waals surface area contributed by atoms with E-state index in [1.807, 2.05) is 27.8 Å². The first-order valence-electron chi connectivity index (χ1n) is 9.27. The lowest BCUT2D eigenvalue weighted by molar-refractivity contribution is -0.115. The van der Waals surface area contributed by atoms with Crippen molar-refractivity contribution in [2.75, 3.05) is 5.32 Å². The number of rotatable bonds is 4. The molecule has 1 N–H and O–H groups in total. The van der Waals surface area contributed by atoms with E-state index in [1.165, 1.54) is 22.2 Å². The Morgan fingerprint density at radius 1 is 1.29 bits per heavy atom. The van der Waals surface area contributed by atoms with Gasteiger partial charge in [-0.2, -0.15) is 5.10 Å². The van der Waals surface area contributed by atoms with Crippen LogP contribution in [0.1, 0.15) is 35.2 Å². The Balaban J connectivity index is 1.60. The highest BCUT2D eigenvalue weighted by Crippen LogP contribution is 2.36. The highest BCUT2D eigenvalue weighted by Gasteiger charge is 2.25. The molecular formula is C19H23N5O2S2.